The third-order valence-corrected chi connectivity index (χ3v) is 15.6. The van der Waals surface area contributed by atoms with Gasteiger partial charge in [0, 0.05) is 63.6 Å². The van der Waals surface area contributed by atoms with Crippen molar-refractivity contribution < 1.29 is 32.4 Å². The molecule has 2 aliphatic heterocycles. The van der Waals surface area contributed by atoms with Gasteiger partial charge in [0.25, 0.3) is 0 Å². The molecule has 3 aromatic heterocycles. The number of unbranched alkanes of at least 4 members (excludes halogenated alkanes) is 8. The van der Waals surface area contributed by atoms with Crippen molar-refractivity contribution in [3.05, 3.63) is 144 Å². The molecule has 0 amide bonds. The van der Waals surface area contributed by atoms with Gasteiger partial charge in [0.15, 0.2) is 0 Å². The minimum absolute atomic E-state index is 0.655. The number of ether oxygens (including phenoxy) is 4. The van der Waals surface area contributed by atoms with E-state index in [0.717, 1.165) is 171 Å². The molecule has 0 fully saturated rings. The van der Waals surface area contributed by atoms with Crippen LogP contribution in [0.2, 0.25) is 0 Å². The minimum atomic E-state index is 0.655. The second-order valence-electron chi connectivity index (χ2n) is 25.9. The van der Waals surface area contributed by atoms with Gasteiger partial charge >= 0.3 is 0 Å². The number of nitrogens with one attached hydrogen (secondary N) is 2. The molecule has 0 unspecified atom stereocenters. The molecule has 0 spiro atoms. The van der Waals surface area contributed by atoms with E-state index in [1.54, 1.807) is 0 Å². The summed E-state index contributed by atoms with van der Waals surface area (Å²) in [6, 6.07) is 42.7. The quantitative estimate of drug-likeness (QED) is 0.0344. The zero-order chi connectivity index (χ0) is 59.1. The van der Waals surface area contributed by atoms with Gasteiger partial charge in [0.1, 0.15) is 23.0 Å². The first kappa shape index (κ1) is 61.1. The Morgan fingerprint density at radius 3 is 0.881 bits per heavy atom. The minimum Gasteiger partial charge on any atom is -0.494 e. The molecular formula is C73H94N7O4+3. The van der Waals surface area contributed by atoms with E-state index in [-0.39, 0.29) is 0 Å². The molecule has 84 heavy (non-hydrogen) atoms. The van der Waals surface area contributed by atoms with E-state index in [4.69, 9.17) is 28.9 Å². The van der Waals surface area contributed by atoms with Crippen molar-refractivity contribution in [2.45, 2.75) is 84.0 Å². The third kappa shape index (κ3) is 17.3. The van der Waals surface area contributed by atoms with Gasteiger partial charge in [-0.1, -0.05) is 107 Å². The highest BCUT2D eigenvalue weighted by atomic mass is 16.5. The summed E-state index contributed by atoms with van der Waals surface area (Å²) >= 11 is 0. The molecule has 7 aromatic rings. The summed E-state index contributed by atoms with van der Waals surface area (Å²) in [7, 11) is 19.9. The van der Waals surface area contributed by atoms with E-state index < -0.39 is 0 Å². The maximum absolute atomic E-state index is 6.36. The van der Waals surface area contributed by atoms with Crippen LogP contribution in [-0.2, 0) is 0 Å². The van der Waals surface area contributed by atoms with Crippen LogP contribution in [0, 0.1) is 0 Å². The van der Waals surface area contributed by atoms with E-state index >= 15 is 0 Å². The Bertz CT molecular complexity index is 3320. The predicted molar refractivity (Wildman–Crippen MR) is 352 cm³/mol. The molecule has 5 heterocycles. The number of aromatic amines is 2. The molecule has 442 valence electrons. The van der Waals surface area contributed by atoms with Crippen molar-refractivity contribution >= 4 is 46.4 Å². The molecular weight excluding hydrogens is 1040 g/mol. The Hall–Kier alpha value is -7.44. The van der Waals surface area contributed by atoms with Crippen molar-refractivity contribution in [2.24, 2.45) is 0 Å². The van der Waals surface area contributed by atoms with Crippen LogP contribution >= 0.6 is 0 Å². The van der Waals surface area contributed by atoms with E-state index in [2.05, 4.69) is 226 Å². The molecule has 0 saturated heterocycles. The first-order valence-corrected chi connectivity index (χ1v) is 31.0. The number of H-pyrrole nitrogens is 2. The standard InChI is InChI=1S/C73H94N7O4/c1-11-12-13-14-15-16-17-18-19-50-81-58-31-23-54(24-32-58)70-62-39-41-64(74-62)71(55-25-33-59(34-26-55)82-51-20-47-78(2,3)4)66-43-45-68(76-66)73(57-29-37-61(38-30-57)84-53-22-49-80(8,9)10)69-46-44-67(77-69)72(65-42-40-63(70)75-65)56-27-35-60(36-28-56)83-52-21-48-79(5,6)7/h23-46,76-77H,11-22,47-53H2,1-10H3/q+3. The summed E-state index contributed by atoms with van der Waals surface area (Å²) < 4.78 is 28.0. The van der Waals surface area contributed by atoms with Crippen LogP contribution in [0.25, 0.3) is 90.9 Å². The van der Waals surface area contributed by atoms with Crippen molar-refractivity contribution in [1.82, 2.24) is 19.9 Å². The molecule has 0 atom stereocenters. The Morgan fingerprint density at radius 2 is 0.560 bits per heavy atom. The monoisotopic (exact) mass is 1130 g/mol. The van der Waals surface area contributed by atoms with Gasteiger partial charge in [0.05, 0.1) is 132 Å². The lowest BCUT2D eigenvalue weighted by atomic mass is 10.0. The van der Waals surface area contributed by atoms with Crippen LogP contribution in [-0.4, -0.2) is 143 Å². The Labute approximate surface area is 501 Å². The molecule has 8 bridgehead atoms. The average molecular weight is 1130 g/mol. The number of rotatable bonds is 30. The Morgan fingerprint density at radius 1 is 0.298 bits per heavy atom. The van der Waals surface area contributed by atoms with Gasteiger partial charge < -0.3 is 42.4 Å². The van der Waals surface area contributed by atoms with Crippen LogP contribution in [0.4, 0.5) is 0 Å². The Balaban J connectivity index is 1.17. The number of benzene rings is 4. The van der Waals surface area contributed by atoms with Crippen LogP contribution in [0.5, 0.6) is 23.0 Å². The van der Waals surface area contributed by atoms with E-state index in [9.17, 15) is 0 Å². The van der Waals surface area contributed by atoms with Crippen molar-refractivity contribution in [3.63, 3.8) is 0 Å². The van der Waals surface area contributed by atoms with Crippen LogP contribution < -0.4 is 18.9 Å². The second kappa shape index (κ2) is 28.4. The van der Waals surface area contributed by atoms with Crippen LogP contribution in [0.3, 0.4) is 0 Å². The number of fused-ring (bicyclic) bond motifs is 8. The molecule has 2 N–H and O–H groups in total. The van der Waals surface area contributed by atoms with Gasteiger partial charge in [-0.3, -0.25) is 0 Å². The summed E-state index contributed by atoms with van der Waals surface area (Å²) in [5.41, 5.74) is 15.1. The van der Waals surface area contributed by atoms with Crippen molar-refractivity contribution in [3.8, 4) is 67.5 Å². The lowest BCUT2D eigenvalue weighted by Crippen LogP contribution is -2.36. The Kier molecular flexibility index (Phi) is 20.7. The number of quaternary nitrogens is 3. The highest BCUT2D eigenvalue weighted by Gasteiger charge is 2.21. The lowest BCUT2D eigenvalue weighted by Gasteiger charge is -2.23. The third-order valence-electron chi connectivity index (χ3n) is 15.6. The number of nitrogens with zero attached hydrogens (tertiary/aromatic N) is 5. The lowest BCUT2D eigenvalue weighted by molar-refractivity contribution is -0.870. The highest BCUT2D eigenvalue weighted by molar-refractivity contribution is 6.00. The molecule has 0 aliphatic carbocycles. The maximum atomic E-state index is 6.36. The smallest absolute Gasteiger partial charge is 0.119 e. The fourth-order valence-corrected chi connectivity index (χ4v) is 11.1. The molecule has 0 radical (unpaired) electrons. The number of hydrogen-bond acceptors (Lipinski definition) is 6. The first-order valence-electron chi connectivity index (χ1n) is 31.0. The molecule has 0 saturated carbocycles. The summed E-state index contributed by atoms with van der Waals surface area (Å²) in [5, 5.41) is 0. The van der Waals surface area contributed by atoms with E-state index in [1.807, 2.05) is 0 Å². The predicted octanol–water partition coefficient (Wildman–Crippen LogP) is 16.7. The summed E-state index contributed by atoms with van der Waals surface area (Å²) in [6.45, 7) is 8.06. The number of hydrogen-bond donors (Lipinski definition) is 2. The van der Waals surface area contributed by atoms with Gasteiger partial charge in [-0.25, -0.2) is 9.97 Å². The molecule has 11 heteroatoms. The van der Waals surface area contributed by atoms with Crippen molar-refractivity contribution in [1.29, 1.82) is 0 Å². The largest absolute Gasteiger partial charge is 0.494 e. The van der Waals surface area contributed by atoms with E-state index in [1.165, 1.54) is 51.4 Å². The molecule has 11 nitrogen and oxygen atoms in total. The normalized spacial score (nSPS) is 12.5. The zero-order valence-electron chi connectivity index (χ0n) is 52.2. The van der Waals surface area contributed by atoms with Gasteiger partial charge in [-0.2, -0.15) is 0 Å². The average Bonchev–Trinajstić information content (AvgIpc) is 2.40. The second-order valence-corrected chi connectivity index (χ2v) is 25.9. The fourth-order valence-electron chi connectivity index (χ4n) is 11.1. The van der Waals surface area contributed by atoms with Crippen LogP contribution in [0.1, 0.15) is 107 Å². The number of aromatic nitrogens is 4. The summed E-state index contributed by atoms with van der Waals surface area (Å²) in [6.07, 6.45) is 23.0. The van der Waals surface area contributed by atoms with Gasteiger partial charge in [0.2, 0.25) is 0 Å². The fraction of sp³-hybridized carbons (Fsp3) is 0.397. The van der Waals surface area contributed by atoms with Gasteiger partial charge in [-0.15, -0.1) is 0 Å². The topological polar surface area (TPSA) is 94.3 Å². The van der Waals surface area contributed by atoms with Crippen LogP contribution in [0.15, 0.2) is 121 Å². The molecule has 2 aliphatic rings. The van der Waals surface area contributed by atoms with E-state index in [0.29, 0.717) is 26.4 Å². The summed E-state index contributed by atoms with van der Waals surface area (Å²) in [4.78, 5) is 19.1. The zero-order valence-corrected chi connectivity index (χ0v) is 52.2. The molecule has 4 aromatic carbocycles. The first-order chi connectivity index (χ1) is 40.5. The summed E-state index contributed by atoms with van der Waals surface area (Å²) in [5.74, 6) is 3.40. The highest BCUT2D eigenvalue weighted by Crippen LogP contribution is 2.40. The van der Waals surface area contributed by atoms with Gasteiger partial charge in [-0.05, 0) is 126 Å². The molecule has 9 rings (SSSR count). The SMILES string of the molecule is CCCCCCCCCCCOc1ccc(-c2c3nc(c(-c4ccc(OCCC[N+](C)(C)C)cc4)c4ccc([nH]4)c(-c4ccc(OCCC[N+](C)(C)C)cc4)c4ccc([nH]4)c(-c4ccc(OCCC[N+](C)(C)C)cc4)c4nc2C=C4)C=C3)cc1. The van der Waals surface area contributed by atoms with Crippen molar-refractivity contribution in [2.75, 3.05) is 109 Å². The maximum Gasteiger partial charge on any atom is 0.119 e.